The molecule has 2 rings (SSSR count). The van der Waals surface area contributed by atoms with Crippen LogP contribution in [0.2, 0.25) is 0 Å². The molecule has 0 radical (unpaired) electrons. The largest absolute Gasteiger partial charge is 0.496 e. The number of hydrogen-bond acceptors (Lipinski definition) is 2. The van der Waals surface area contributed by atoms with Gasteiger partial charge >= 0.3 is 0 Å². The van der Waals surface area contributed by atoms with E-state index in [1.54, 1.807) is 14.2 Å². The predicted octanol–water partition coefficient (Wildman–Crippen LogP) is 3.32. The average Bonchev–Trinajstić information content (AvgIpc) is 2.56. The van der Waals surface area contributed by atoms with Gasteiger partial charge in [-0.25, -0.2) is 0 Å². The van der Waals surface area contributed by atoms with Crippen LogP contribution in [0.4, 0.5) is 0 Å². The Morgan fingerprint density at radius 1 is 1.05 bits per heavy atom. The Bertz CT molecular complexity index is 629. The number of rotatable bonds is 5. The van der Waals surface area contributed by atoms with Crippen LogP contribution in [-0.4, -0.2) is 20.1 Å². The van der Waals surface area contributed by atoms with Crippen LogP contribution in [0.5, 0.6) is 5.75 Å². The maximum Gasteiger partial charge on any atom is 0.191 e. The minimum absolute atomic E-state index is 0.692. The second-order valence-corrected chi connectivity index (χ2v) is 5.59. The maximum atomic E-state index is 5.23. The van der Waals surface area contributed by atoms with Gasteiger partial charge in [-0.1, -0.05) is 36.4 Å². The van der Waals surface area contributed by atoms with Crippen molar-refractivity contribution in [2.24, 2.45) is 4.99 Å². The van der Waals surface area contributed by atoms with E-state index in [0.29, 0.717) is 6.54 Å². The van der Waals surface area contributed by atoms with Crippen LogP contribution >= 0.6 is 15.9 Å². The van der Waals surface area contributed by atoms with Gasteiger partial charge in [0.15, 0.2) is 5.96 Å². The van der Waals surface area contributed by atoms with Crippen molar-refractivity contribution in [1.82, 2.24) is 10.6 Å². The Labute approximate surface area is 139 Å². The zero-order valence-corrected chi connectivity index (χ0v) is 14.4. The smallest absolute Gasteiger partial charge is 0.191 e. The number of nitrogens with one attached hydrogen (secondary N) is 2. The lowest BCUT2D eigenvalue weighted by atomic mass is 10.2. The first kappa shape index (κ1) is 16.4. The summed E-state index contributed by atoms with van der Waals surface area (Å²) in [5, 5.41) is 6.59. The molecule has 4 nitrogen and oxygen atoms in total. The summed E-state index contributed by atoms with van der Waals surface area (Å²) < 4.78 is 6.18. The van der Waals surface area contributed by atoms with Crippen LogP contribution in [0.25, 0.3) is 0 Å². The quantitative estimate of drug-likeness (QED) is 0.634. The first-order valence-electron chi connectivity index (χ1n) is 7.04. The number of aliphatic imine (C=N–C) groups is 1. The van der Waals surface area contributed by atoms with Crippen molar-refractivity contribution < 1.29 is 4.74 Å². The molecule has 22 heavy (non-hydrogen) atoms. The molecule has 2 aromatic rings. The highest BCUT2D eigenvalue weighted by molar-refractivity contribution is 9.10. The van der Waals surface area contributed by atoms with E-state index in [0.717, 1.165) is 28.3 Å². The molecule has 0 amide bonds. The second-order valence-electron chi connectivity index (χ2n) is 4.73. The Hall–Kier alpha value is -2.01. The molecule has 0 fully saturated rings. The van der Waals surface area contributed by atoms with Gasteiger partial charge in [-0.2, -0.15) is 0 Å². The van der Waals surface area contributed by atoms with Gasteiger partial charge in [-0.05, 0) is 39.2 Å². The first-order chi connectivity index (χ1) is 10.7. The van der Waals surface area contributed by atoms with Gasteiger partial charge in [0.05, 0.1) is 11.6 Å². The number of hydrogen-bond donors (Lipinski definition) is 2. The van der Waals surface area contributed by atoms with Crippen LogP contribution in [0, 0.1) is 0 Å². The Kier molecular flexibility index (Phi) is 6.27. The summed E-state index contributed by atoms with van der Waals surface area (Å²) in [7, 11) is 3.43. The zero-order chi connectivity index (χ0) is 15.8. The van der Waals surface area contributed by atoms with E-state index in [1.165, 1.54) is 5.56 Å². The topological polar surface area (TPSA) is 45.7 Å². The second kappa shape index (κ2) is 8.44. The lowest BCUT2D eigenvalue weighted by Crippen LogP contribution is -2.36. The molecule has 5 heteroatoms. The molecule has 0 bridgehead atoms. The van der Waals surface area contributed by atoms with Crippen molar-refractivity contribution in [2.75, 3.05) is 14.2 Å². The number of nitrogens with zero attached hydrogens (tertiary/aromatic N) is 1. The van der Waals surface area contributed by atoms with E-state index in [-0.39, 0.29) is 0 Å². The van der Waals surface area contributed by atoms with Crippen molar-refractivity contribution in [1.29, 1.82) is 0 Å². The molecule has 0 unspecified atom stereocenters. The van der Waals surface area contributed by atoms with Crippen LogP contribution in [0.15, 0.2) is 58.0 Å². The molecule has 0 aliphatic rings. The number of methoxy groups -OCH3 is 1. The lowest BCUT2D eigenvalue weighted by Gasteiger charge is -2.13. The average molecular weight is 362 g/mol. The minimum Gasteiger partial charge on any atom is -0.496 e. The summed E-state index contributed by atoms with van der Waals surface area (Å²) in [5.41, 5.74) is 2.37. The zero-order valence-electron chi connectivity index (χ0n) is 12.8. The number of ether oxygens (including phenoxy) is 1. The van der Waals surface area contributed by atoms with Gasteiger partial charge in [-0.15, -0.1) is 0 Å². The van der Waals surface area contributed by atoms with Crippen LogP contribution < -0.4 is 15.4 Å². The Balaban J connectivity index is 1.87. The summed E-state index contributed by atoms with van der Waals surface area (Å²) in [6.07, 6.45) is 0. The highest BCUT2D eigenvalue weighted by Crippen LogP contribution is 2.25. The third kappa shape index (κ3) is 4.77. The molecule has 0 aliphatic heterocycles. The van der Waals surface area contributed by atoms with Crippen molar-refractivity contribution >= 4 is 21.9 Å². The summed E-state index contributed by atoms with van der Waals surface area (Å²) in [5.74, 6) is 1.60. The summed E-state index contributed by atoms with van der Waals surface area (Å²) in [4.78, 5) is 4.23. The van der Waals surface area contributed by atoms with Gasteiger partial charge in [0.1, 0.15) is 5.75 Å². The fraction of sp³-hybridized carbons (Fsp3) is 0.235. The van der Waals surface area contributed by atoms with Gasteiger partial charge < -0.3 is 15.4 Å². The Morgan fingerprint density at radius 2 is 1.73 bits per heavy atom. The predicted molar refractivity (Wildman–Crippen MR) is 94.2 cm³/mol. The molecule has 0 heterocycles. The molecule has 2 N–H and O–H groups in total. The molecule has 0 saturated heterocycles. The number of guanidine groups is 1. The van der Waals surface area contributed by atoms with Crippen molar-refractivity contribution in [3.63, 3.8) is 0 Å². The van der Waals surface area contributed by atoms with Crippen molar-refractivity contribution in [3.8, 4) is 5.75 Å². The monoisotopic (exact) mass is 361 g/mol. The highest BCUT2D eigenvalue weighted by Gasteiger charge is 2.03. The molecule has 116 valence electrons. The SMILES string of the molecule is CN=C(NCc1ccccc1)NCc1ccc(OC)c(Br)c1. The first-order valence-corrected chi connectivity index (χ1v) is 7.83. The van der Waals surface area contributed by atoms with Crippen molar-refractivity contribution in [2.45, 2.75) is 13.1 Å². The van der Waals surface area contributed by atoms with E-state index in [9.17, 15) is 0 Å². The molecule has 0 saturated carbocycles. The van der Waals surface area contributed by atoms with Gasteiger partial charge in [0, 0.05) is 20.1 Å². The minimum atomic E-state index is 0.692. The van der Waals surface area contributed by atoms with Crippen LogP contribution in [0.1, 0.15) is 11.1 Å². The molecule has 0 aromatic heterocycles. The van der Waals surface area contributed by atoms with Gasteiger partial charge in [0.2, 0.25) is 0 Å². The molecule has 0 spiro atoms. The highest BCUT2D eigenvalue weighted by atomic mass is 79.9. The van der Waals surface area contributed by atoms with Crippen LogP contribution in [0.3, 0.4) is 0 Å². The molecular formula is C17H20BrN3O. The number of halogens is 1. The summed E-state index contributed by atoms with van der Waals surface area (Å²) in [6.45, 7) is 1.43. The molecular weight excluding hydrogens is 342 g/mol. The lowest BCUT2D eigenvalue weighted by molar-refractivity contribution is 0.412. The fourth-order valence-corrected chi connectivity index (χ4v) is 2.60. The Morgan fingerprint density at radius 3 is 2.32 bits per heavy atom. The van der Waals surface area contributed by atoms with E-state index in [1.807, 2.05) is 36.4 Å². The normalized spacial score (nSPS) is 11.1. The number of benzene rings is 2. The molecule has 0 aliphatic carbocycles. The standard InChI is InChI=1S/C17H20BrN3O/c1-19-17(20-11-13-6-4-3-5-7-13)21-12-14-8-9-16(22-2)15(18)10-14/h3-10H,11-12H2,1-2H3,(H2,19,20,21). The van der Waals surface area contributed by atoms with E-state index in [4.69, 9.17) is 4.74 Å². The van der Waals surface area contributed by atoms with Crippen molar-refractivity contribution in [3.05, 3.63) is 64.1 Å². The fourth-order valence-electron chi connectivity index (χ4n) is 2.01. The molecule has 0 atom stereocenters. The maximum absolute atomic E-state index is 5.23. The van der Waals surface area contributed by atoms with E-state index >= 15 is 0 Å². The van der Waals surface area contributed by atoms with Gasteiger partial charge in [0.25, 0.3) is 0 Å². The summed E-state index contributed by atoms with van der Waals surface area (Å²) in [6, 6.07) is 16.3. The van der Waals surface area contributed by atoms with E-state index < -0.39 is 0 Å². The third-order valence-corrected chi connectivity index (χ3v) is 3.82. The van der Waals surface area contributed by atoms with E-state index in [2.05, 4.69) is 43.7 Å². The third-order valence-electron chi connectivity index (χ3n) is 3.20. The van der Waals surface area contributed by atoms with Crippen LogP contribution in [-0.2, 0) is 13.1 Å². The summed E-state index contributed by atoms with van der Waals surface area (Å²) >= 11 is 3.49. The molecule has 2 aromatic carbocycles. The van der Waals surface area contributed by atoms with Gasteiger partial charge in [-0.3, -0.25) is 4.99 Å².